The normalized spacial score (nSPS) is 16.3. The number of nitrogens with zero attached hydrogens (tertiary/aromatic N) is 3. The van der Waals surface area contributed by atoms with Gasteiger partial charge in [0.05, 0.1) is 23.8 Å². The molecular weight excluding hydrogens is 362 g/mol. The molecule has 0 N–H and O–H groups in total. The van der Waals surface area contributed by atoms with Gasteiger partial charge in [0.1, 0.15) is 0 Å². The van der Waals surface area contributed by atoms with Crippen LogP contribution in [0.3, 0.4) is 0 Å². The smallest absolute Gasteiger partial charge is 0.265 e. The first-order valence-electron chi connectivity index (χ1n) is 9.50. The molecule has 5 nitrogen and oxygen atoms in total. The van der Waals surface area contributed by atoms with Crippen molar-refractivity contribution >= 4 is 23.7 Å². The zero-order valence-corrected chi connectivity index (χ0v) is 16.4. The number of anilines is 1. The number of amides is 2. The van der Waals surface area contributed by atoms with Crippen LogP contribution in [0.25, 0.3) is 0 Å². The third kappa shape index (κ3) is 3.59. The van der Waals surface area contributed by atoms with Crippen molar-refractivity contribution in [3.05, 3.63) is 94.8 Å². The maximum atomic E-state index is 13.4. The molecule has 0 aliphatic carbocycles. The van der Waals surface area contributed by atoms with E-state index >= 15 is 0 Å². The van der Waals surface area contributed by atoms with Crippen LogP contribution in [0.5, 0.6) is 0 Å². The third-order valence-corrected chi connectivity index (χ3v) is 5.04. The summed E-state index contributed by atoms with van der Waals surface area (Å²) in [6.45, 7) is 4.27. The molecule has 1 aromatic heterocycles. The molecular formula is C24H21N3O2. The molecule has 0 spiro atoms. The number of pyridine rings is 1. The molecule has 0 saturated carbocycles. The molecule has 0 saturated heterocycles. The van der Waals surface area contributed by atoms with Gasteiger partial charge in [-0.2, -0.15) is 0 Å². The molecule has 144 valence electrons. The second-order valence-electron chi connectivity index (χ2n) is 7.14. The lowest BCUT2D eigenvalue weighted by Crippen LogP contribution is -2.45. The summed E-state index contributed by atoms with van der Waals surface area (Å²) in [6.07, 6.45) is 3.35. The number of fused-ring (bicyclic) bond motifs is 1. The van der Waals surface area contributed by atoms with E-state index in [4.69, 9.17) is 0 Å². The molecule has 0 unspecified atom stereocenters. The number of rotatable bonds is 4. The Labute approximate surface area is 169 Å². The summed E-state index contributed by atoms with van der Waals surface area (Å²) in [5.74, 6) is -1.20. The summed E-state index contributed by atoms with van der Waals surface area (Å²) < 4.78 is 0. The highest BCUT2D eigenvalue weighted by Gasteiger charge is 2.39. The van der Waals surface area contributed by atoms with Gasteiger partial charge >= 0.3 is 0 Å². The second kappa shape index (κ2) is 7.80. The van der Waals surface area contributed by atoms with Crippen LogP contribution in [0.15, 0.2) is 71.9 Å². The van der Waals surface area contributed by atoms with E-state index in [9.17, 15) is 9.59 Å². The molecule has 2 amide bonds. The van der Waals surface area contributed by atoms with Gasteiger partial charge < -0.3 is 0 Å². The molecule has 1 aliphatic rings. The quantitative estimate of drug-likeness (QED) is 0.500. The average molecular weight is 383 g/mol. The van der Waals surface area contributed by atoms with Crippen LogP contribution < -0.4 is 4.90 Å². The molecule has 0 radical (unpaired) electrons. The first-order valence-corrected chi connectivity index (χ1v) is 9.50. The molecule has 0 fully saturated rings. The molecule has 1 aliphatic heterocycles. The van der Waals surface area contributed by atoms with Gasteiger partial charge in [0.15, 0.2) is 0 Å². The first kappa shape index (κ1) is 18.7. The summed E-state index contributed by atoms with van der Waals surface area (Å²) in [6, 6.07) is 18.6. The predicted molar refractivity (Wildman–Crippen MR) is 113 cm³/mol. The van der Waals surface area contributed by atoms with E-state index in [0.717, 1.165) is 16.8 Å². The number of aryl methyl sites for hydroxylation is 2. The summed E-state index contributed by atoms with van der Waals surface area (Å²) in [5.41, 5.74) is 4.62. The number of hydrogen-bond donors (Lipinski definition) is 0. The van der Waals surface area contributed by atoms with Crippen molar-refractivity contribution in [2.45, 2.75) is 26.3 Å². The van der Waals surface area contributed by atoms with Crippen LogP contribution >= 0.6 is 0 Å². The molecule has 0 bridgehead atoms. The molecule has 2 heterocycles. The zero-order chi connectivity index (χ0) is 20.4. The van der Waals surface area contributed by atoms with Crippen LogP contribution in [0, 0.1) is 13.8 Å². The van der Waals surface area contributed by atoms with Gasteiger partial charge in [-0.15, -0.1) is 0 Å². The maximum absolute atomic E-state index is 13.4. The lowest BCUT2D eigenvalue weighted by atomic mass is 9.88. The monoisotopic (exact) mass is 383 g/mol. The third-order valence-electron chi connectivity index (χ3n) is 5.04. The minimum atomic E-state index is -0.617. The maximum Gasteiger partial charge on any atom is 0.265 e. The van der Waals surface area contributed by atoms with Crippen molar-refractivity contribution < 1.29 is 9.59 Å². The number of carbonyl (C=O) groups is 2. The number of aliphatic imine (C=N–C) groups is 1. The minimum Gasteiger partial charge on any atom is -0.290 e. The van der Waals surface area contributed by atoms with Gasteiger partial charge in [-0.1, -0.05) is 42.0 Å². The van der Waals surface area contributed by atoms with E-state index in [1.54, 1.807) is 18.5 Å². The highest BCUT2D eigenvalue weighted by atomic mass is 16.2. The van der Waals surface area contributed by atoms with Gasteiger partial charge in [-0.05, 0) is 49.2 Å². The van der Waals surface area contributed by atoms with E-state index in [1.165, 1.54) is 4.90 Å². The Kier molecular flexibility index (Phi) is 5.04. The molecule has 4 rings (SSSR count). The van der Waals surface area contributed by atoms with Gasteiger partial charge in [-0.25, -0.2) is 4.90 Å². The van der Waals surface area contributed by atoms with E-state index in [1.807, 2.05) is 68.4 Å². The predicted octanol–water partition coefficient (Wildman–Crippen LogP) is 4.24. The fourth-order valence-electron chi connectivity index (χ4n) is 3.63. The van der Waals surface area contributed by atoms with E-state index in [0.29, 0.717) is 23.4 Å². The fraction of sp³-hybridized carbons (Fsp3) is 0.167. The standard InChI is InChI=1S/C24H21N3O2/c1-16-10-11-22(17(2)13-16)27-23(28)20-9-4-3-8-19(20)21(24(27)29)15-25-14-18-7-5-6-12-26-18/h3-13,15,21H,14H2,1-2H3/t21-/m1/s1. The Balaban J connectivity index is 1.73. The number of hydrogen-bond acceptors (Lipinski definition) is 4. The van der Waals surface area contributed by atoms with Crippen LogP contribution in [0.2, 0.25) is 0 Å². The summed E-state index contributed by atoms with van der Waals surface area (Å²) in [4.78, 5) is 36.5. The summed E-state index contributed by atoms with van der Waals surface area (Å²) in [7, 11) is 0. The summed E-state index contributed by atoms with van der Waals surface area (Å²) >= 11 is 0. The largest absolute Gasteiger partial charge is 0.290 e. The Morgan fingerprint density at radius 1 is 1.03 bits per heavy atom. The number of carbonyl (C=O) groups excluding carboxylic acids is 2. The van der Waals surface area contributed by atoms with Crippen LogP contribution in [0.4, 0.5) is 5.69 Å². The van der Waals surface area contributed by atoms with Gasteiger partial charge in [-0.3, -0.25) is 19.6 Å². The van der Waals surface area contributed by atoms with Crippen molar-refractivity contribution in [3.63, 3.8) is 0 Å². The number of benzene rings is 2. The van der Waals surface area contributed by atoms with Crippen molar-refractivity contribution in [2.24, 2.45) is 4.99 Å². The van der Waals surface area contributed by atoms with Crippen molar-refractivity contribution in [1.82, 2.24) is 4.98 Å². The summed E-state index contributed by atoms with van der Waals surface area (Å²) in [5, 5.41) is 0. The molecule has 2 aromatic carbocycles. The van der Waals surface area contributed by atoms with E-state index in [2.05, 4.69) is 9.98 Å². The highest BCUT2D eigenvalue weighted by Crippen LogP contribution is 2.33. The fourth-order valence-corrected chi connectivity index (χ4v) is 3.63. The van der Waals surface area contributed by atoms with Crippen LogP contribution in [-0.4, -0.2) is 23.0 Å². The first-order chi connectivity index (χ1) is 14.1. The van der Waals surface area contributed by atoms with E-state index < -0.39 is 5.92 Å². The zero-order valence-electron chi connectivity index (χ0n) is 16.4. The SMILES string of the molecule is Cc1ccc(N2C(=O)c3ccccc3[C@@H](C=NCc3ccccn3)C2=O)c(C)c1. The van der Waals surface area contributed by atoms with Crippen LogP contribution in [-0.2, 0) is 11.3 Å². The highest BCUT2D eigenvalue weighted by molar-refractivity contribution is 6.29. The Hall–Kier alpha value is -3.60. The topological polar surface area (TPSA) is 62.6 Å². The molecule has 5 heteroatoms. The average Bonchev–Trinajstić information content (AvgIpc) is 2.73. The van der Waals surface area contributed by atoms with Crippen molar-refractivity contribution in [3.8, 4) is 0 Å². The van der Waals surface area contributed by atoms with Crippen LogP contribution in [0.1, 0.15) is 38.7 Å². The van der Waals surface area contributed by atoms with Crippen molar-refractivity contribution in [2.75, 3.05) is 4.90 Å². The number of aromatic nitrogens is 1. The minimum absolute atomic E-state index is 0.287. The molecule has 3 aromatic rings. The van der Waals surface area contributed by atoms with Crippen molar-refractivity contribution in [1.29, 1.82) is 0 Å². The molecule has 1 atom stereocenters. The Morgan fingerprint density at radius 3 is 2.59 bits per heavy atom. The number of imide groups is 1. The Bertz CT molecular complexity index is 1110. The van der Waals surface area contributed by atoms with Gasteiger partial charge in [0, 0.05) is 18.0 Å². The molecule has 29 heavy (non-hydrogen) atoms. The lowest BCUT2D eigenvalue weighted by molar-refractivity contribution is -0.118. The lowest BCUT2D eigenvalue weighted by Gasteiger charge is -2.31. The van der Waals surface area contributed by atoms with Gasteiger partial charge in [0.25, 0.3) is 5.91 Å². The van der Waals surface area contributed by atoms with E-state index in [-0.39, 0.29) is 11.8 Å². The second-order valence-corrected chi connectivity index (χ2v) is 7.14. The van der Waals surface area contributed by atoms with Gasteiger partial charge in [0.2, 0.25) is 5.91 Å². The Morgan fingerprint density at radius 2 is 1.83 bits per heavy atom.